The van der Waals surface area contributed by atoms with E-state index in [0.717, 1.165) is 11.1 Å². The van der Waals surface area contributed by atoms with Gasteiger partial charge >= 0.3 is 5.97 Å². The van der Waals surface area contributed by atoms with Crippen LogP contribution in [0.4, 0.5) is 0 Å². The van der Waals surface area contributed by atoms with Crippen molar-refractivity contribution in [3.63, 3.8) is 0 Å². The SMILES string of the molecule is COC(=O)[C@@H]1CC2=CCC(C=C2)Oc2cccc(c2)CC(=O)N[C@@H](c2ccc(OC)cc2)C(=O)N1. The van der Waals surface area contributed by atoms with Gasteiger partial charge in [0.25, 0.3) is 0 Å². The van der Waals surface area contributed by atoms with E-state index in [9.17, 15) is 14.4 Å². The summed E-state index contributed by atoms with van der Waals surface area (Å²) in [5, 5.41) is 5.58. The quantitative estimate of drug-likeness (QED) is 0.661. The highest BCUT2D eigenvalue weighted by atomic mass is 16.5. The van der Waals surface area contributed by atoms with Gasteiger partial charge in [-0.05, 0) is 47.0 Å². The second kappa shape index (κ2) is 10.9. The molecular weight excluding hydrogens is 448 g/mol. The molecule has 2 amide bonds. The molecule has 2 N–H and O–H groups in total. The van der Waals surface area contributed by atoms with E-state index < -0.39 is 24.0 Å². The molecule has 0 aromatic heterocycles. The summed E-state index contributed by atoms with van der Waals surface area (Å²) in [6, 6.07) is 12.2. The van der Waals surface area contributed by atoms with Crippen LogP contribution in [0.5, 0.6) is 11.5 Å². The minimum absolute atomic E-state index is 0.0577. The van der Waals surface area contributed by atoms with Crippen LogP contribution in [0.15, 0.2) is 72.3 Å². The van der Waals surface area contributed by atoms with Crippen molar-refractivity contribution in [3.05, 3.63) is 83.5 Å². The Labute approximate surface area is 203 Å². The van der Waals surface area contributed by atoms with Crippen molar-refractivity contribution in [3.8, 4) is 11.5 Å². The number of carbonyl (C=O) groups is 3. The molecule has 0 saturated carbocycles. The lowest BCUT2D eigenvalue weighted by Crippen LogP contribution is -2.48. The maximum absolute atomic E-state index is 13.4. The molecule has 5 rings (SSSR count). The molecule has 2 aliphatic heterocycles. The molecule has 8 nitrogen and oxygen atoms in total. The Hall–Kier alpha value is -4.07. The van der Waals surface area contributed by atoms with Crippen molar-refractivity contribution in [2.45, 2.75) is 37.5 Å². The topological polar surface area (TPSA) is 103 Å². The van der Waals surface area contributed by atoms with E-state index in [2.05, 4.69) is 10.6 Å². The minimum Gasteiger partial charge on any atom is -0.497 e. The molecule has 1 aliphatic carbocycles. The molecule has 0 radical (unpaired) electrons. The van der Waals surface area contributed by atoms with Crippen LogP contribution < -0.4 is 20.1 Å². The summed E-state index contributed by atoms with van der Waals surface area (Å²) >= 11 is 0. The lowest BCUT2D eigenvalue weighted by Gasteiger charge is -2.25. The third-order valence-electron chi connectivity index (χ3n) is 5.95. The van der Waals surface area contributed by atoms with Crippen molar-refractivity contribution >= 4 is 17.8 Å². The fourth-order valence-electron chi connectivity index (χ4n) is 4.11. The number of methoxy groups -OCH3 is 2. The fraction of sp³-hybridized carbons (Fsp3) is 0.296. The maximum Gasteiger partial charge on any atom is 0.328 e. The molecule has 3 aliphatic rings. The molecule has 2 aromatic carbocycles. The van der Waals surface area contributed by atoms with Gasteiger partial charge in [-0.1, -0.05) is 36.4 Å². The number of esters is 1. The van der Waals surface area contributed by atoms with Gasteiger partial charge in [0.1, 0.15) is 29.7 Å². The van der Waals surface area contributed by atoms with Gasteiger partial charge in [-0.3, -0.25) is 9.59 Å². The van der Waals surface area contributed by atoms with Crippen LogP contribution in [-0.2, 0) is 25.5 Å². The average Bonchev–Trinajstić information content (AvgIpc) is 2.87. The number of amides is 2. The van der Waals surface area contributed by atoms with Crippen molar-refractivity contribution in [2.75, 3.05) is 14.2 Å². The predicted octanol–water partition coefficient (Wildman–Crippen LogP) is 2.79. The molecule has 0 spiro atoms. The molecule has 2 aromatic rings. The van der Waals surface area contributed by atoms with Gasteiger partial charge in [0.05, 0.1) is 20.6 Å². The molecule has 35 heavy (non-hydrogen) atoms. The Morgan fingerprint density at radius 1 is 1.06 bits per heavy atom. The third kappa shape index (κ3) is 6.09. The van der Waals surface area contributed by atoms with Gasteiger partial charge in [0.15, 0.2) is 0 Å². The summed E-state index contributed by atoms with van der Waals surface area (Å²) in [6.45, 7) is 0. The normalized spacial score (nSPS) is 22.3. The van der Waals surface area contributed by atoms with Gasteiger partial charge in [0.2, 0.25) is 11.8 Å². The van der Waals surface area contributed by atoms with E-state index in [1.54, 1.807) is 31.4 Å². The molecular formula is C27H28N2O6. The summed E-state index contributed by atoms with van der Waals surface area (Å²) in [5.74, 6) is -0.148. The predicted molar refractivity (Wildman–Crippen MR) is 129 cm³/mol. The second-order valence-electron chi connectivity index (χ2n) is 8.42. The van der Waals surface area contributed by atoms with Crippen LogP contribution in [-0.4, -0.2) is 44.1 Å². The van der Waals surface area contributed by atoms with Crippen LogP contribution in [0.25, 0.3) is 0 Å². The van der Waals surface area contributed by atoms with Crippen molar-refractivity contribution < 1.29 is 28.6 Å². The summed E-state index contributed by atoms with van der Waals surface area (Å²) in [7, 11) is 2.82. The standard InChI is InChI=1S/C27H28N2O6/c1-33-20-12-8-19(9-13-20)25-26(31)28-23(27(32)34-2)15-17-6-10-21(11-7-17)35-22-5-3-4-18(14-22)16-24(30)29-25/h3-10,12-14,21,23,25H,11,15-16H2,1-2H3,(H,28,31)(H,29,30)/t21?,23-,25-/m0/s1. The highest BCUT2D eigenvalue weighted by molar-refractivity contribution is 5.92. The van der Waals surface area contributed by atoms with Gasteiger partial charge in [0, 0.05) is 12.8 Å². The Morgan fingerprint density at radius 3 is 2.54 bits per heavy atom. The molecule has 1 unspecified atom stereocenters. The molecule has 0 saturated heterocycles. The van der Waals surface area contributed by atoms with Gasteiger partial charge in [-0.2, -0.15) is 0 Å². The zero-order chi connectivity index (χ0) is 24.8. The Morgan fingerprint density at radius 2 is 1.86 bits per heavy atom. The second-order valence-corrected chi connectivity index (χ2v) is 8.42. The number of allylic oxidation sites excluding steroid dienone is 1. The number of hydrogen-bond donors (Lipinski definition) is 2. The first kappa shape index (κ1) is 24.1. The van der Waals surface area contributed by atoms with Crippen LogP contribution in [0, 0.1) is 0 Å². The van der Waals surface area contributed by atoms with Crippen LogP contribution in [0.1, 0.15) is 30.0 Å². The lowest BCUT2D eigenvalue weighted by molar-refractivity contribution is -0.145. The van der Waals surface area contributed by atoms with Crippen molar-refractivity contribution in [1.82, 2.24) is 10.6 Å². The molecule has 4 bridgehead atoms. The first-order chi connectivity index (χ1) is 16.9. The van der Waals surface area contributed by atoms with E-state index in [0.29, 0.717) is 23.5 Å². The molecule has 0 fully saturated rings. The fourth-order valence-corrected chi connectivity index (χ4v) is 4.11. The van der Waals surface area contributed by atoms with Crippen LogP contribution >= 0.6 is 0 Å². The smallest absolute Gasteiger partial charge is 0.328 e. The number of carbonyl (C=O) groups excluding carboxylic acids is 3. The summed E-state index contributed by atoms with van der Waals surface area (Å²) in [5.41, 5.74) is 2.19. The van der Waals surface area contributed by atoms with Crippen LogP contribution in [0.2, 0.25) is 0 Å². The zero-order valence-electron chi connectivity index (χ0n) is 19.7. The monoisotopic (exact) mass is 476 g/mol. The highest BCUT2D eigenvalue weighted by Crippen LogP contribution is 2.24. The first-order valence-electron chi connectivity index (χ1n) is 11.4. The Balaban J connectivity index is 1.69. The summed E-state index contributed by atoms with van der Waals surface area (Å²) < 4.78 is 16.2. The van der Waals surface area contributed by atoms with E-state index >= 15 is 0 Å². The van der Waals surface area contributed by atoms with E-state index in [-0.39, 0.29) is 24.9 Å². The van der Waals surface area contributed by atoms with Gasteiger partial charge < -0.3 is 24.8 Å². The number of hydrogen-bond acceptors (Lipinski definition) is 6. The van der Waals surface area contributed by atoms with Crippen molar-refractivity contribution in [1.29, 1.82) is 0 Å². The molecule has 8 heteroatoms. The van der Waals surface area contributed by atoms with Gasteiger partial charge in [-0.15, -0.1) is 0 Å². The number of fused-ring (bicyclic) bond motifs is 8. The lowest BCUT2D eigenvalue weighted by atomic mass is 9.97. The maximum atomic E-state index is 13.4. The Bertz CT molecular complexity index is 1150. The van der Waals surface area contributed by atoms with E-state index in [1.807, 2.05) is 42.5 Å². The first-order valence-corrected chi connectivity index (χ1v) is 11.4. The summed E-state index contributed by atoms with van der Waals surface area (Å²) in [4.78, 5) is 38.9. The van der Waals surface area contributed by atoms with Gasteiger partial charge in [-0.25, -0.2) is 4.79 Å². The number of ether oxygens (including phenoxy) is 3. The minimum atomic E-state index is -1.02. The number of benzene rings is 2. The average molecular weight is 477 g/mol. The number of nitrogens with one attached hydrogen (secondary N) is 2. The molecule has 182 valence electrons. The van der Waals surface area contributed by atoms with Crippen LogP contribution in [0.3, 0.4) is 0 Å². The summed E-state index contributed by atoms with van der Waals surface area (Å²) in [6.07, 6.45) is 6.58. The van der Waals surface area contributed by atoms with E-state index in [1.165, 1.54) is 7.11 Å². The number of rotatable bonds is 3. The zero-order valence-corrected chi connectivity index (χ0v) is 19.7. The molecule has 3 atom stereocenters. The Kier molecular flexibility index (Phi) is 7.50. The molecule has 2 heterocycles. The van der Waals surface area contributed by atoms with Crippen molar-refractivity contribution in [2.24, 2.45) is 0 Å². The van der Waals surface area contributed by atoms with E-state index in [4.69, 9.17) is 14.2 Å². The third-order valence-corrected chi connectivity index (χ3v) is 5.95. The highest BCUT2D eigenvalue weighted by Gasteiger charge is 2.29. The largest absolute Gasteiger partial charge is 0.497 e.